The van der Waals surface area contributed by atoms with Crippen LogP contribution in [0.15, 0.2) is 0 Å². The second kappa shape index (κ2) is 7.46. The lowest BCUT2D eigenvalue weighted by Gasteiger charge is -2.39. The van der Waals surface area contributed by atoms with Gasteiger partial charge in [0, 0.05) is 24.7 Å². The van der Waals surface area contributed by atoms with Gasteiger partial charge in [-0.15, -0.1) is 0 Å². The van der Waals surface area contributed by atoms with Gasteiger partial charge in [-0.25, -0.2) is 0 Å². The molecule has 1 aliphatic heterocycles. The van der Waals surface area contributed by atoms with Crippen molar-refractivity contribution >= 4 is 0 Å². The molecule has 1 rings (SSSR count). The van der Waals surface area contributed by atoms with Crippen LogP contribution in [0.3, 0.4) is 0 Å². The molecule has 0 aromatic carbocycles. The van der Waals surface area contributed by atoms with Gasteiger partial charge in [-0.1, -0.05) is 20.3 Å². The van der Waals surface area contributed by atoms with E-state index in [0.717, 1.165) is 13.1 Å². The zero-order chi connectivity index (χ0) is 13.6. The molecule has 1 aliphatic rings. The van der Waals surface area contributed by atoms with Crippen molar-refractivity contribution in [1.82, 2.24) is 15.1 Å². The predicted octanol–water partition coefficient (Wildman–Crippen LogP) is 2.18. The van der Waals surface area contributed by atoms with Crippen LogP contribution >= 0.6 is 0 Å². The second-order valence-electron chi connectivity index (χ2n) is 6.24. The quantitative estimate of drug-likeness (QED) is 0.717. The molecule has 1 N–H and O–H groups in total. The van der Waals surface area contributed by atoms with E-state index >= 15 is 0 Å². The van der Waals surface area contributed by atoms with Crippen molar-refractivity contribution in [1.29, 1.82) is 0 Å². The molecule has 0 saturated carbocycles. The van der Waals surface area contributed by atoms with E-state index in [1.54, 1.807) is 0 Å². The number of nitrogens with zero attached hydrogens (tertiary/aromatic N) is 2. The largest absolute Gasteiger partial charge is 0.310 e. The average molecular weight is 255 g/mol. The Morgan fingerprint density at radius 2 is 2.00 bits per heavy atom. The van der Waals surface area contributed by atoms with E-state index in [2.05, 4.69) is 50.0 Å². The summed E-state index contributed by atoms with van der Waals surface area (Å²) < 4.78 is 0. The van der Waals surface area contributed by atoms with Crippen LogP contribution in [0, 0.1) is 0 Å². The highest BCUT2D eigenvalue weighted by Gasteiger charge is 2.34. The molecule has 108 valence electrons. The van der Waals surface area contributed by atoms with Crippen molar-refractivity contribution in [3.8, 4) is 0 Å². The van der Waals surface area contributed by atoms with Crippen LogP contribution in [0.25, 0.3) is 0 Å². The van der Waals surface area contributed by atoms with Gasteiger partial charge in [-0.2, -0.15) is 0 Å². The lowest BCUT2D eigenvalue weighted by atomic mass is 9.90. The summed E-state index contributed by atoms with van der Waals surface area (Å²) in [5.74, 6) is 0. The number of nitrogens with one attached hydrogen (secondary N) is 1. The summed E-state index contributed by atoms with van der Waals surface area (Å²) in [6.07, 6.45) is 5.30. The molecule has 0 aromatic heterocycles. The topological polar surface area (TPSA) is 18.5 Å². The molecule has 0 spiro atoms. The Balaban J connectivity index is 2.59. The summed E-state index contributed by atoms with van der Waals surface area (Å²) in [6, 6.07) is 0.640. The van der Waals surface area contributed by atoms with Gasteiger partial charge in [-0.3, -0.25) is 4.90 Å². The van der Waals surface area contributed by atoms with E-state index in [1.165, 1.54) is 38.8 Å². The minimum atomic E-state index is 0.394. The Kier molecular flexibility index (Phi) is 6.61. The van der Waals surface area contributed by atoms with E-state index in [9.17, 15) is 0 Å². The van der Waals surface area contributed by atoms with Gasteiger partial charge >= 0.3 is 0 Å². The minimum absolute atomic E-state index is 0.394. The third-order valence-corrected chi connectivity index (χ3v) is 4.23. The molecule has 1 fully saturated rings. The lowest BCUT2D eigenvalue weighted by molar-refractivity contribution is 0.130. The van der Waals surface area contributed by atoms with Crippen molar-refractivity contribution in [2.24, 2.45) is 0 Å². The monoisotopic (exact) mass is 255 g/mol. The standard InChI is InChI=1S/C15H33N3/c1-6-9-15(10-8-11-16-15)13-18(7-2)14(3)12-17(4)5/h14,16H,6-13H2,1-5H3. The maximum Gasteiger partial charge on any atom is 0.0309 e. The van der Waals surface area contributed by atoms with Crippen LogP contribution in [-0.4, -0.2) is 61.7 Å². The summed E-state index contributed by atoms with van der Waals surface area (Å²) in [7, 11) is 4.33. The molecule has 0 bridgehead atoms. The van der Waals surface area contributed by atoms with Crippen LogP contribution in [0.5, 0.6) is 0 Å². The highest BCUT2D eigenvalue weighted by Crippen LogP contribution is 2.26. The van der Waals surface area contributed by atoms with Crippen molar-refractivity contribution < 1.29 is 0 Å². The summed E-state index contributed by atoms with van der Waals surface area (Å²) in [6.45, 7) is 11.7. The first-order valence-electron chi connectivity index (χ1n) is 7.67. The number of hydrogen-bond acceptors (Lipinski definition) is 3. The first kappa shape index (κ1) is 15.9. The van der Waals surface area contributed by atoms with Crippen molar-refractivity contribution in [3.05, 3.63) is 0 Å². The second-order valence-corrected chi connectivity index (χ2v) is 6.24. The minimum Gasteiger partial charge on any atom is -0.310 e. The van der Waals surface area contributed by atoms with Gasteiger partial charge in [0.05, 0.1) is 0 Å². The predicted molar refractivity (Wildman–Crippen MR) is 80.1 cm³/mol. The van der Waals surface area contributed by atoms with Gasteiger partial charge in [0.25, 0.3) is 0 Å². The zero-order valence-corrected chi connectivity index (χ0v) is 13.1. The molecule has 18 heavy (non-hydrogen) atoms. The first-order chi connectivity index (χ1) is 8.53. The molecule has 1 heterocycles. The van der Waals surface area contributed by atoms with E-state index in [1.807, 2.05) is 0 Å². The number of likely N-dealkylation sites (N-methyl/N-ethyl adjacent to an activating group) is 2. The molecular formula is C15H33N3. The molecule has 0 radical (unpaired) electrons. The fourth-order valence-electron chi connectivity index (χ4n) is 3.39. The molecule has 1 saturated heterocycles. The third-order valence-electron chi connectivity index (χ3n) is 4.23. The number of hydrogen-bond donors (Lipinski definition) is 1. The van der Waals surface area contributed by atoms with E-state index in [0.29, 0.717) is 11.6 Å². The van der Waals surface area contributed by atoms with Crippen LogP contribution in [0.4, 0.5) is 0 Å². The summed E-state index contributed by atoms with van der Waals surface area (Å²) in [5, 5.41) is 3.79. The Morgan fingerprint density at radius 3 is 2.44 bits per heavy atom. The maximum absolute atomic E-state index is 3.79. The smallest absolute Gasteiger partial charge is 0.0309 e. The molecule has 3 nitrogen and oxygen atoms in total. The summed E-state index contributed by atoms with van der Waals surface area (Å²) in [5.41, 5.74) is 0.394. The molecule has 3 heteroatoms. The lowest BCUT2D eigenvalue weighted by Crippen LogP contribution is -2.53. The van der Waals surface area contributed by atoms with Gasteiger partial charge in [-0.05, 0) is 53.4 Å². The van der Waals surface area contributed by atoms with Crippen molar-refractivity contribution in [2.45, 2.75) is 58.0 Å². The molecular weight excluding hydrogens is 222 g/mol. The summed E-state index contributed by atoms with van der Waals surface area (Å²) in [4.78, 5) is 4.94. The Hall–Kier alpha value is -0.120. The van der Waals surface area contributed by atoms with Crippen molar-refractivity contribution in [3.63, 3.8) is 0 Å². The average Bonchev–Trinajstić information content (AvgIpc) is 2.74. The van der Waals surface area contributed by atoms with Gasteiger partial charge in [0.2, 0.25) is 0 Å². The fourth-order valence-corrected chi connectivity index (χ4v) is 3.39. The summed E-state index contributed by atoms with van der Waals surface area (Å²) >= 11 is 0. The van der Waals surface area contributed by atoms with Crippen LogP contribution < -0.4 is 5.32 Å². The third kappa shape index (κ3) is 4.52. The fraction of sp³-hybridized carbons (Fsp3) is 1.00. The SMILES string of the molecule is CCCC1(CN(CC)C(C)CN(C)C)CCCN1. The van der Waals surface area contributed by atoms with Gasteiger partial charge in [0.15, 0.2) is 0 Å². The molecule has 2 atom stereocenters. The Labute approximate surface area is 114 Å². The maximum atomic E-state index is 3.79. The van der Waals surface area contributed by atoms with Crippen LogP contribution in [0.1, 0.15) is 46.5 Å². The Morgan fingerprint density at radius 1 is 1.28 bits per heavy atom. The number of rotatable bonds is 8. The van der Waals surface area contributed by atoms with Crippen LogP contribution in [-0.2, 0) is 0 Å². The highest BCUT2D eigenvalue weighted by molar-refractivity contribution is 4.96. The molecule has 0 amide bonds. The normalized spacial score (nSPS) is 26.2. The zero-order valence-electron chi connectivity index (χ0n) is 13.1. The van der Waals surface area contributed by atoms with E-state index in [4.69, 9.17) is 0 Å². The molecule has 0 aromatic rings. The van der Waals surface area contributed by atoms with Gasteiger partial charge in [0.1, 0.15) is 0 Å². The van der Waals surface area contributed by atoms with Gasteiger partial charge < -0.3 is 10.2 Å². The first-order valence-corrected chi connectivity index (χ1v) is 7.67. The Bertz CT molecular complexity index is 222. The van der Waals surface area contributed by atoms with Crippen molar-refractivity contribution in [2.75, 3.05) is 40.3 Å². The highest BCUT2D eigenvalue weighted by atomic mass is 15.2. The van der Waals surface area contributed by atoms with Crippen LogP contribution in [0.2, 0.25) is 0 Å². The van der Waals surface area contributed by atoms with E-state index in [-0.39, 0.29) is 0 Å². The molecule has 2 unspecified atom stereocenters. The van der Waals surface area contributed by atoms with E-state index < -0.39 is 0 Å². The molecule has 0 aliphatic carbocycles.